The number of methoxy groups -OCH3 is 1. The molecule has 10 radical (unpaired) electrons. The summed E-state index contributed by atoms with van der Waals surface area (Å²) in [7, 11) is 0.356. The van der Waals surface area contributed by atoms with E-state index < -0.39 is 36.8 Å². The van der Waals surface area contributed by atoms with Crippen LogP contribution in [0.25, 0.3) is 0 Å². The fraction of sp³-hybridized carbons (Fsp3) is 0.543. The molecule has 0 aromatic heterocycles. The van der Waals surface area contributed by atoms with Gasteiger partial charge in [0.2, 0.25) is 0 Å². The SMILES string of the molecule is CCC[CH2][Sn+]([CH2]CCC)[CH2]CCC.COC[C@@H]1CCO[C@H]([C]2[CH][CH][C-][C]2[S@](=O)c2ccc(C)cc2)O1.[CH]1[CH][CH][CH][CH]1.[Fe+2]. The minimum absolute atomic E-state index is 0. The molecule has 1 saturated heterocycles. The summed E-state index contributed by atoms with van der Waals surface area (Å²) >= 11 is -0.839. The maximum absolute atomic E-state index is 12.8. The molecule has 1 aliphatic heterocycles. The van der Waals surface area contributed by atoms with Crippen molar-refractivity contribution in [3.05, 3.63) is 92.4 Å². The van der Waals surface area contributed by atoms with Gasteiger partial charge in [0.05, 0.1) is 19.3 Å². The molecule has 0 N–H and O–H groups in total. The Morgan fingerprint density at radius 1 is 0.929 bits per heavy atom. The predicted molar refractivity (Wildman–Crippen MR) is 173 cm³/mol. The van der Waals surface area contributed by atoms with Gasteiger partial charge < -0.3 is 20.6 Å². The minimum Gasteiger partial charge on any atom is -0.456 e. The molecule has 0 amide bonds. The molecular weight excluding hydrogens is 691 g/mol. The van der Waals surface area contributed by atoms with Gasteiger partial charge >= 0.3 is 109 Å². The van der Waals surface area contributed by atoms with Gasteiger partial charge in [-0.15, -0.1) is 0 Å². The van der Waals surface area contributed by atoms with Crippen LogP contribution in [-0.2, 0) is 42.1 Å². The van der Waals surface area contributed by atoms with Crippen molar-refractivity contribution >= 4 is 30.6 Å². The Morgan fingerprint density at radius 2 is 1.48 bits per heavy atom. The maximum Gasteiger partial charge on any atom is 2.00 e. The van der Waals surface area contributed by atoms with Crippen LogP contribution in [0, 0.1) is 69.5 Å². The second-order valence-electron chi connectivity index (χ2n) is 10.6. The number of rotatable bonds is 14. The fourth-order valence-corrected chi connectivity index (χ4v) is 15.1. The van der Waals surface area contributed by atoms with Gasteiger partial charge in [0, 0.05) is 28.7 Å². The molecule has 0 unspecified atom stereocenters. The third-order valence-corrected chi connectivity index (χ3v) is 17.5. The molecule has 3 atom stereocenters. The molecule has 4 nitrogen and oxygen atoms in total. The van der Waals surface area contributed by atoms with Crippen LogP contribution in [0.3, 0.4) is 0 Å². The van der Waals surface area contributed by atoms with Crippen molar-refractivity contribution in [3.8, 4) is 0 Å². The Morgan fingerprint density at radius 3 is 1.98 bits per heavy atom. The number of hydrogen-bond donors (Lipinski definition) is 0. The topological polar surface area (TPSA) is 44.8 Å². The summed E-state index contributed by atoms with van der Waals surface area (Å²) in [5.74, 6) is 0.782. The molecule has 3 fully saturated rings. The van der Waals surface area contributed by atoms with Gasteiger partial charge in [0.1, 0.15) is 0 Å². The molecule has 1 heterocycles. The smallest absolute Gasteiger partial charge is 0.456 e. The molecule has 2 saturated carbocycles. The average Bonchev–Trinajstić information content (AvgIpc) is 3.74. The summed E-state index contributed by atoms with van der Waals surface area (Å²) in [6.45, 7) is 10.1. The molecule has 1 aromatic carbocycles. The zero-order valence-electron chi connectivity index (χ0n) is 26.4. The standard InChI is InChI=1S/C18H20O4S.C5H5.3C4H9.Fe.Sn/c1-13-6-8-15(9-7-13)23(19)17-5-3-4-16(17)18-21-11-10-14(22-18)12-20-2;1-2-4-5-3-1;3*1-3-4-2;;/h3-4,6-9,14,18H,10-12H2,1-2H3;1-5H;3*1,3-4H2,2H3;;/q-1;;;;;+2;+1/t14-,18-,23+;;;;;;/m0....../s1. The summed E-state index contributed by atoms with van der Waals surface area (Å²) in [6.07, 6.45) is 25.8. The summed E-state index contributed by atoms with van der Waals surface area (Å²) in [6, 6.07) is 7.68. The first-order valence-electron chi connectivity index (χ1n) is 15.5. The van der Waals surface area contributed by atoms with Gasteiger partial charge in [-0.25, -0.2) is 6.42 Å². The van der Waals surface area contributed by atoms with Crippen molar-refractivity contribution in [3.63, 3.8) is 0 Å². The number of benzene rings is 1. The molecule has 42 heavy (non-hydrogen) atoms. The van der Waals surface area contributed by atoms with Crippen LogP contribution >= 0.6 is 0 Å². The summed E-state index contributed by atoms with van der Waals surface area (Å²) in [4.78, 5) is 0.753. The van der Waals surface area contributed by atoms with E-state index in [0.29, 0.717) is 18.5 Å². The van der Waals surface area contributed by atoms with Crippen LogP contribution in [0.15, 0.2) is 29.2 Å². The molecular formula is C35H52FeO4SSn+2. The van der Waals surface area contributed by atoms with E-state index in [1.54, 1.807) is 26.8 Å². The van der Waals surface area contributed by atoms with Gasteiger partial charge in [-0.05, 0) is 57.6 Å². The molecule has 0 spiro atoms. The van der Waals surface area contributed by atoms with Crippen LogP contribution in [0.5, 0.6) is 0 Å². The van der Waals surface area contributed by atoms with Crippen LogP contribution < -0.4 is 0 Å². The van der Waals surface area contributed by atoms with Crippen molar-refractivity contribution in [2.45, 2.75) is 103 Å². The molecule has 2 aliphatic carbocycles. The van der Waals surface area contributed by atoms with Gasteiger partial charge in [-0.3, -0.25) is 4.21 Å². The first-order valence-corrected chi connectivity index (χ1v) is 22.7. The Bertz CT molecular complexity index is 763. The summed E-state index contributed by atoms with van der Waals surface area (Å²) in [5.41, 5.74) is 1.14. The number of hydrogen-bond acceptors (Lipinski definition) is 4. The number of aryl methyl sites for hydroxylation is 1. The second kappa shape index (κ2) is 25.7. The van der Waals surface area contributed by atoms with E-state index in [1.165, 1.54) is 38.5 Å². The Labute approximate surface area is 280 Å². The predicted octanol–water partition coefficient (Wildman–Crippen LogP) is 8.39. The van der Waals surface area contributed by atoms with Crippen molar-refractivity contribution in [1.82, 2.24) is 0 Å². The zero-order chi connectivity index (χ0) is 29.7. The second-order valence-corrected chi connectivity index (χ2v) is 20.6. The van der Waals surface area contributed by atoms with E-state index in [1.807, 2.05) is 69.7 Å². The first-order chi connectivity index (χ1) is 20.0. The Balaban J connectivity index is 0.000000392. The van der Waals surface area contributed by atoms with E-state index in [4.69, 9.17) is 14.2 Å². The molecule has 4 rings (SSSR count). The summed E-state index contributed by atoms with van der Waals surface area (Å²) < 4.78 is 34.7. The van der Waals surface area contributed by atoms with Crippen LogP contribution in [0.4, 0.5) is 0 Å². The molecule has 7 heteroatoms. The maximum atomic E-state index is 12.8. The van der Waals surface area contributed by atoms with Crippen molar-refractivity contribution in [2.75, 3.05) is 20.3 Å². The fourth-order valence-electron chi connectivity index (χ4n) is 4.53. The van der Waals surface area contributed by atoms with Crippen LogP contribution in [0.2, 0.25) is 13.3 Å². The number of unbranched alkanes of at least 4 members (excludes halogenated alkanes) is 3. The van der Waals surface area contributed by atoms with E-state index in [2.05, 4.69) is 27.2 Å². The first kappa shape index (κ1) is 40.6. The third-order valence-electron chi connectivity index (χ3n) is 7.00. The van der Waals surface area contributed by atoms with Crippen molar-refractivity contribution in [1.29, 1.82) is 0 Å². The molecule has 232 valence electrons. The Hall–Kier alpha value is 0.568. The van der Waals surface area contributed by atoms with E-state index in [9.17, 15) is 4.21 Å². The number of ether oxygens (including phenoxy) is 3. The normalized spacial score (nSPS) is 21.5. The Kier molecular flexibility index (Phi) is 24.9. The zero-order valence-corrected chi connectivity index (χ0v) is 31.2. The van der Waals surface area contributed by atoms with Crippen LogP contribution in [0.1, 0.15) is 71.3 Å². The minimum atomic E-state index is -1.30. The molecule has 0 bridgehead atoms. The van der Waals surface area contributed by atoms with E-state index in [0.717, 1.165) is 22.8 Å². The molecule has 1 aromatic rings. The van der Waals surface area contributed by atoms with Gasteiger partial charge in [-0.2, -0.15) is 0 Å². The summed E-state index contributed by atoms with van der Waals surface area (Å²) in [5, 5.41) is 0.622. The van der Waals surface area contributed by atoms with E-state index in [-0.39, 0.29) is 23.2 Å². The van der Waals surface area contributed by atoms with Gasteiger partial charge in [0.15, 0.2) is 6.29 Å². The van der Waals surface area contributed by atoms with Crippen molar-refractivity contribution < 1.29 is 35.5 Å². The monoisotopic (exact) mass is 744 g/mol. The largest absolute Gasteiger partial charge is 2.00 e. The van der Waals surface area contributed by atoms with Crippen molar-refractivity contribution in [2.24, 2.45) is 0 Å². The van der Waals surface area contributed by atoms with E-state index >= 15 is 0 Å². The van der Waals surface area contributed by atoms with Crippen LogP contribution in [-0.4, -0.2) is 56.7 Å². The van der Waals surface area contributed by atoms with Gasteiger partial charge in [0.25, 0.3) is 0 Å². The quantitative estimate of drug-likeness (QED) is 0.142. The van der Waals surface area contributed by atoms with Gasteiger partial charge in [-0.1, -0.05) is 29.4 Å². The average molecular weight is 743 g/mol. The third kappa shape index (κ3) is 16.2. The molecule has 3 aliphatic rings.